The molecule has 0 aromatic heterocycles. The van der Waals surface area contributed by atoms with E-state index < -0.39 is 0 Å². The third kappa shape index (κ3) is 1.69. The van der Waals surface area contributed by atoms with Crippen LogP contribution in [-0.4, -0.2) is 0 Å². The molecule has 0 saturated heterocycles. The van der Waals surface area contributed by atoms with Gasteiger partial charge in [-0.1, -0.05) is 11.6 Å². The fourth-order valence-corrected chi connectivity index (χ4v) is 0.895. The second-order valence-electron chi connectivity index (χ2n) is 2.78. The topological polar surface area (TPSA) is 0 Å². The Morgan fingerprint density at radius 2 is 2.25 bits per heavy atom. The molecule has 1 fully saturated rings. The molecular weight excluding hydrogens is 96.1 g/mol. The molecule has 0 spiro atoms. The van der Waals surface area contributed by atoms with Crippen molar-refractivity contribution in [3.8, 4) is 0 Å². The summed E-state index contributed by atoms with van der Waals surface area (Å²) in [5, 5.41) is 0. The van der Waals surface area contributed by atoms with E-state index in [-0.39, 0.29) is 0 Å². The van der Waals surface area contributed by atoms with Crippen LogP contribution in [0.4, 0.5) is 0 Å². The van der Waals surface area contributed by atoms with Crippen LogP contribution < -0.4 is 0 Å². The van der Waals surface area contributed by atoms with Gasteiger partial charge in [-0.15, -0.1) is 0 Å². The summed E-state index contributed by atoms with van der Waals surface area (Å²) >= 11 is 0. The van der Waals surface area contributed by atoms with Crippen LogP contribution in [0.25, 0.3) is 0 Å². The molecule has 0 bridgehead atoms. The molecule has 46 valence electrons. The molecule has 8 heavy (non-hydrogen) atoms. The first-order chi connectivity index (χ1) is 3.83. The van der Waals surface area contributed by atoms with Crippen LogP contribution in [0.1, 0.15) is 33.1 Å². The molecule has 1 rings (SSSR count). The Morgan fingerprint density at radius 1 is 1.62 bits per heavy atom. The molecular formula is C8H14. The van der Waals surface area contributed by atoms with Gasteiger partial charge in [-0.25, -0.2) is 0 Å². The minimum Gasteiger partial charge on any atom is -0.0887 e. The van der Waals surface area contributed by atoms with Crippen LogP contribution in [-0.2, 0) is 0 Å². The summed E-state index contributed by atoms with van der Waals surface area (Å²) in [7, 11) is 0. The van der Waals surface area contributed by atoms with Gasteiger partial charge >= 0.3 is 0 Å². The largest absolute Gasteiger partial charge is 0.0887 e. The van der Waals surface area contributed by atoms with Gasteiger partial charge in [0.2, 0.25) is 0 Å². The van der Waals surface area contributed by atoms with Crippen LogP contribution in [0.3, 0.4) is 0 Å². The van der Waals surface area contributed by atoms with Crippen LogP contribution in [0, 0.1) is 5.92 Å². The summed E-state index contributed by atoms with van der Waals surface area (Å²) in [6.45, 7) is 4.34. The lowest BCUT2D eigenvalue weighted by molar-refractivity contribution is 0.819. The Labute approximate surface area is 51.6 Å². The van der Waals surface area contributed by atoms with Gasteiger partial charge in [-0.05, 0) is 39.0 Å². The summed E-state index contributed by atoms with van der Waals surface area (Å²) < 4.78 is 0. The molecule has 0 heteroatoms. The maximum atomic E-state index is 2.22. The molecule has 0 aromatic rings. The van der Waals surface area contributed by atoms with E-state index in [1.165, 1.54) is 19.3 Å². The summed E-state index contributed by atoms with van der Waals surface area (Å²) in [5.74, 6) is 1.06. The molecule has 0 nitrogen and oxygen atoms in total. The van der Waals surface area contributed by atoms with Crippen molar-refractivity contribution in [1.82, 2.24) is 0 Å². The summed E-state index contributed by atoms with van der Waals surface area (Å²) in [5.41, 5.74) is 1.56. The van der Waals surface area contributed by atoms with Crippen molar-refractivity contribution in [1.29, 1.82) is 0 Å². The highest BCUT2D eigenvalue weighted by Crippen LogP contribution is 2.34. The monoisotopic (exact) mass is 110 g/mol. The summed E-state index contributed by atoms with van der Waals surface area (Å²) in [6.07, 6.45) is 6.53. The van der Waals surface area contributed by atoms with E-state index in [4.69, 9.17) is 0 Å². The minimum absolute atomic E-state index is 1.06. The van der Waals surface area contributed by atoms with Gasteiger partial charge in [0.25, 0.3) is 0 Å². The van der Waals surface area contributed by atoms with Crippen LogP contribution in [0.5, 0.6) is 0 Å². The predicted octanol–water partition coefficient (Wildman–Crippen LogP) is 2.75. The maximum absolute atomic E-state index is 2.22. The normalized spacial score (nSPS) is 21.5. The highest BCUT2D eigenvalue weighted by Gasteiger charge is 2.20. The molecule has 0 aromatic carbocycles. The number of hydrogen-bond acceptors (Lipinski definition) is 0. The Morgan fingerprint density at radius 3 is 2.62 bits per heavy atom. The van der Waals surface area contributed by atoms with E-state index in [1.807, 2.05) is 0 Å². The Kier molecular flexibility index (Phi) is 1.72. The summed E-state index contributed by atoms with van der Waals surface area (Å²) in [4.78, 5) is 0. The first-order valence-electron chi connectivity index (χ1n) is 3.44. The Bertz CT molecular complexity index is 96.6. The zero-order valence-electron chi connectivity index (χ0n) is 5.78. The van der Waals surface area contributed by atoms with Crippen LogP contribution in [0.2, 0.25) is 0 Å². The third-order valence-electron chi connectivity index (χ3n) is 1.80. The molecule has 0 N–H and O–H groups in total. The standard InChI is InChI=1S/C8H14/c1-3-7(2)6-8-4-5-8/h3,8H,4-6H2,1-2H3/b7-3+. The van der Waals surface area contributed by atoms with Gasteiger partial charge in [-0.3, -0.25) is 0 Å². The Balaban J connectivity index is 2.16. The predicted molar refractivity (Wildman–Crippen MR) is 36.8 cm³/mol. The Hall–Kier alpha value is -0.260. The lowest BCUT2D eigenvalue weighted by Crippen LogP contribution is -1.76. The summed E-state index contributed by atoms with van der Waals surface area (Å²) in [6, 6.07) is 0. The van der Waals surface area contributed by atoms with Crippen molar-refractivity contribution in [3.63, 3.8) is 0 Å². The molecule has 1 saturated carbocycles. The second-order valence-corrected chi connectivity index (χ2v) is 2.78. The first kappa shape index (κ1) is 5.87. The highest BCUT2D eigenvalue weighted by molar-refractivity contribution is 4.99. The molecule has 0 aliphatic heterocycles. The van der Waals surface area contributed by atoms with E-state index >= 15 is 0 Å². The van der Waals surface area contributed by atoms with Gasteiger partial charge < -0.3 is 0 Å². The number of hydrogen-bond donors (Lipinski definition) is 0. The number of rotatable bonds is 2. The van der Waals surface area contributed by atoms with Gasteiger partial charge in [0.1, 0.15) is 0 Å². The van der Waals surface area contributed by atoms with Crippen molar-refractivity contribution in [2.24, 2.45) is 5.92 Å². The highest BCUT2D eigenvalue weighted by atomic mass is 14.3. The third-order valence-corrected chi connectivity index (χ3v) is 1.80. The molecule has 0 atom stereocenters. The minimum atomic E-state index is 1.06. The molecule has 0 unspecified atom stereocenters. The van der Waals surface area contributed by atoms with Gasteiger partial charge in [-0.2, -0.15) is 0 Å². The molecule has 0 amide bonds. The van der Waals surface area contributed by atoms with Crippen molar-refractivity contribution in [2.75, 3.05) is 0 Å². The molecule has 1 aliphatic rings. The molecule has 0 heterocycles. The zero-order valence-corrected chi connectivity index (χ0v) is 5.78. The van der Waals surface area contributed by atoms with Crippen molar-refractivity contribution < 1.29 is 0 Å². The number of allylic oxidation sites excluding steroid dienone is 2. The maximum Gasteiger partial charge on any atom is -0.0295 e. The van der Waals surface area contributed by atoms with E-state index in [9.17, 15) is 0 Å². The van der Waals surface area contributed by atoms with Crippen molar-refractivity contribution >= 4 is 0 Å². The quantitative estimate of drug-likeness (QED) is 0.479. The lowest BCUT2D eigenvalue weighted by Gasteiger charge is -1.93. The smallest absolute Gasteiger partial charge is 0.0295 e. The van der Waals surface area contributed by atoms with Crippen molar-refractivity contribution in [2.45, 2.75) is 33.1 Å². The zero-order chi connectivity index (χ0) is 5.98. The average molecular weight is 110 g/mol. The van der Waals surface area contributed by atoms with E-state index in [2.05, 4.69) is 19.9 Å². The van der Waals surface area contributed by atoms with E-state index in [1.54, 1.807) is 5.57 Å². The van der Waals surface area contributed by atoms with Gasteiger partial charge in [0.05, 0.1) is 0 Å². The second kappa shape index (κ2) is 2.34. The van der Waals surface area contributed by atoms with E-state index in [0.29, 0.717) is 0 Å². The fraction of sp³-hybridized carbons (Fsp3) is 0.750. The fourth-order valence-electron chi connectivity index (χ4n) is 0.895. The van der Waals surface area contributed by atoms with Crippen molar-refractivity contribution in [3.05, 3.63) is 11.6 Å². The van der Waals surface area contributed by atoms with Gasteiger partial charge in [0, 0.05) is 0 Å². The molecule has 1 aliphatic carbocycles. The molecule has 0 radical (unpaired) electrons. The van der Waals surface area contributed by atoms with Crippen LogP contribution >= 0.6 is 0 Å². The van der Waals surface area contributed by atoms with Crippen LogP contribution in [0.15, 0.2) is 11.6 Å². The average Bonchev–Trinajstić information content (AvgIpc) is 2.50. The SMILES string of the molecule is C/C=C(\C)CC1CC1. The first-order valence-corrected chi connectivity index (χ1v) is 3.44. The lowest BCUT2D eigenvalue weighted by atomic mass is 10.1. The van der Waals surface area contributed by atoms with E-state index in [0.717, 1.165) is 5.92 Å². The van der Waals surface area contributed by atoms with Gasteiger partial charge in [0.15, 0.2) is 0 Å².